The normalized spacial score (nSPS) is 11.1. The fourth-order valence-electron chi connectivity index (χ4n) is 1.98. The van der Waals surface area contributed by atoms with E-state index in [1.165, 1.54) is 24.3 Å². The van der Waals surface area contributed by atoms with Gasteiger partial charge in [0.15, 0.2) is 15.6 Å². The van der Waals surface area contributed by atoms with Gasteiger partial charge in [0.1, 0.15) is 6.29 Å². The third kappa shape index (κ3) is 3.89. The molecule has 4 nitrogen and oxygen atoms in total. The Balaban J connectivity index is 2.06. The second-order valence-electron chi connectivity index (χ2n) is 5.04. The third-order valence-corrected chi connectivity index (χ3v) is 5.08. The molecule has 0 saturated carbocycles. The SMILES string of the molecule is Cc1ccc(S(=O)(=O)CCC(=O)c2ccc(C=O)cc2)cc1. The number of Topliss-reactive ketones (excluding diaryl/α,β-unsaturated/α-hetero) is 1. The van der Waals surface area contributed by atoms with Crippen LogP contribution in [-0.2, 0) is 9.84 Å². The number of carbonyl (C=O) groups is 2. The first-order chi connectivity index (χ1) is 10.4. The van der Waals surface area contributed by atoms with Crippen molar-refractivity contribution in [2.45, 2.75) is 18.2 Å². The van der Waals surface area contributed by atoms with E-state index in [1.807, 2.05) is 6.92 Å². The number of aldehydes is 1. The Bertz CT molecular complexity index is 772. The van der Waals surface area contributed by atoms with Gasteiger partial charge in [0, 0.05) is 17.5 Å². The average Bonchev–Trinajstić information content (AvgIpc) is 2.53. The van der Waals surface area contributed by atoms with E-state index in [-0.39, 0.29) is 22.9 Å². The van der Waals surface area contributed by atoms with Crippen molar-refractivity contribution < 1.29 is 18.0 Å². The first-order valence-corrected chi connectivity index (χ1v) is 8.45. The molecule has 2 aromatic rings. The van der Waals surface area contributed by atoms with E-state index >= 15 is 0 Å². The first kappa shape index (κ1) is 16.1. The van der Waals surface area contributed by atoms with Crippen molar-refractivity contribution in [1.82, 2.24) is 0 Å². The third-order valence-electron chi connectivity index (χ3n) is 3.35. The highest BCUT2D eigenvalue weighted by molar-refractivity contribution is 7.91. The molecular weight excluding hydrogens is 300 g/mol. The van der Waals surface area contributed by atoms with Crippen molar-refractivity contribution in [3.05, 3.63) is 65.2 Å². The number of carbonyl (C=O) groups excluding carboxylic acids is 2. The summed E-state index contributed by atoms with van der Waals surface area (Å²) < 4.78 is 24.4. The molecule has 114 valence electrons. The molecule has 0 aliphatic rings. The van der Waals surface area contributed by atoms with Crippen molar-refractivity contribution in [1.29, 1.82) is 0 Å². The zero-order valence-electron chi connectivity index (χ0n) is 12.2. The Labute approximate surface area is 129 Å². The fourth-order valence-corrected chi connectivity index (χ4v) is 3.22. The highest BCUT2D eigenvalue weighted by Crippen LogP contribution is 2.14. The van der Waals surface area contributed by atoms with E-state index in [1.54, 1.807) is 24.3 Å². The minimum Gasteiger partial charge on any atom is -0.298 e. The fraction of sp³-hybridized carbons (Fsp3) is 0.176. The number of ketones is 1. The molecule has 0 aliphatic heterocycles. The van der Waals surface area contributed by atoms with Crippen molar-refractivity contribution >= 4 is 21.9 Å². The molecule has 5 heteroatoms. The van der Waals surface area contributed by atoms with Gasteiger partial charge in [-0.2, -0.15) is 0 Å². The lowest BCUT2D eigenvalue weighted by Gasteiger charge is -2.05. The minimum absolute atomic E-state index is 0.0867. The van der Waals surface area contributed by atoms with E-state index in [2.05, 4.69) is 0 Å². The highest BCUT2D eigenvalue weighted by atomic mass is 32.2. The summed E-state index contributed by atoms with van der Waals surface area (Å²) in [6.07, 6.45) is 0.604. The lowest BCUT2D eigenvalue weighted by molar-refractivity contribution is 0.0988. The molecule has 0 spiro atoms. The summed E-state index contributed by atoms with van der Waals surface area (Å²) >= 11 is 0. The number of hydrogen-bond acceptors (Lipinski definition) is 4. The summed E-state index contributed by atoms with van der Waals surface area (Å²) in [6.45, 7) is 1.88. The van der Waals surface area contributed by atoms with Crippen molar-refractivity contribution in [3.8, 4) is 0 Å². The van der Waals surface area contributed by atoms with E-state index in [0.717, 1.165) is 5.56 Å². The molecule has 22 heavy (non-hydrogen) atoms. The van der Waals surface area contributed by atoms with Crippen molar-refractivity contribution in [2.24, 2.45) is 0 Å². The van der Waals surface area contributed by atoms with Gasteiger partial charge in [-0.3, -0.25) is 9.59 Å². The van der Waals surface area contributed by atoms with Gasteiger partial charge in [0.2, 0.25) is 0 Å². The second kappa shape index (κ2) is 6.66. The maximum atomic E-state index is 12.2. The van der Waals surface area contributed by atoms with Crippen LogP contribution in [0.25, 0.3) is 0 Å². The summed E-state index contributed by atoms with van der Waals surface area (Å²) in [5.41, 5.74) is 1.86. The van der Waals surface area contributed by atoms with Gasteiger partial charge in [-0.15, -0.1) is 0 Å². The first-order valence-electron chi connectivity index (χ1n) is 6.80. The van der Waals surface area contributed by atoms with Gasteiger partial charge in [0.25, 0.3) is 0 Å². The van der Waals surface area contributed by atoms with Gasteiger partial charge in [-0.1, -0.05) is 42.0 Å². The Morgan fingerprint density at radius 1 is 1.00 bits per heavy atom. The number of aryl methyl sites for hydroxylation is 1. The molecule has 2 aromatic carbocycles. The molecule has 0 bridgehead atoms. The molecule has 0 aliphatic carbocycles. The summed E-state index contributed by atoms with van der Waals surface area (Å²) in [6, 6.07) is 12.7. The average molecular weight is 316 g/mol. The molecule has 0 N–H and O–H groups in total. The van der Waals surface area contributed by atoms with Crippen LogP contribution in [0.2, 0.25) is 0 Å². The number of hydrogen-bond donors (Lipinski definition) is 0. The minimum atomic E-state index is -3.47. The predicted molar refractivity (Wildman–Crippen MR) is 84.0 cm³/mol. The lowest BCUT2D eigenvalue weighted by atomic mass is 10.1. The molecule has 0 atom stereocenters. The molecule has 2 rings (SSSR count). The number of rotatable bonds is 6. The molecule has 0 fully saturated rings. The zero-order chi connectivity index (χ0) is 16.2. The van der Waals surface area contributed by atoms with Gasteiger partial charge in [-0.25, -0.2) is 8.42 Å². The summed E-state index contributed by atoms with van der Waals surface area (Å²) in [5.74, 6) is -0.488. The Kier molecular flexibility index (Phi) is 4.88. The number of sulfone groups is 1. The molecule has 0 heterocycles. The van der Waals surface area contributed by atoms with Crippen LogP contribution in [0.4, 0.5) is 0 Å². The van der Waals surface area contributed by atoms with Crippen LogP contribution < -0.4 is 0 Å². The quantitative estimate of drug-likeness (QED) is 0.607. The van der Waals surface area contributed by atoms with Crippen LogP contribution in [0.15, 0.2) is 53.4 Å². The number of benzene rings is 2. The standard InChI is InChI=1S/C17H16O4S/c1-13-2-8-16(9-3-13)22(20,21)11-10-17(19)15-6-4-14(12-18)5-7-15/h2-9,12H,10-11H2,1H3. The van der Waals surface area contributed by atoms with Crippen LogP contribution in [0.3, 0.4) is 0 Å². The van der Waals surface area contributed by atoms with Gasteiger partial charge in [0.05, 0.1) is 10.6 Å². The van der Waals surface area contributed by atoms with Crippen molar-refractivity contribution in [3.63, 3.8) is 0 Å². The van der Waals surface area contributed by atoms with Crippen LogP contribution in [0.1, 0.15) is 32.7 Å². The smallest absolute Gasteiger partial charge is 0.178 e. The Morgan fingerprint density at radius 2 is 1.59 bits per heavy atom. The summed E-state index contributed by atoms with van der Waals surface area (Å²) in [5, 5.41) is 0. The molecule has 0 amide bonds. The van der Waals surface area contributed by atoms with Gasteiger partial charge >= 0.3 is 0 Å². The molecule has 0 unspecified atom stereocenters. The lowest BCUT2D eigenvalue weighted by Crippen LogP contribution is -2.11. The van der Waals surface area contributed by atoms with Crippen LogP contribution in [0.5, 0.6) is 0 Å². The van der Waals surface area contributed by atoms with E-state index in [9.17, 15) is 18.0 Å². The highest BCUT2D eigenvalue weighted by Gasteiger charge is 2.17. The molecular formula is C17H16O4S. The largest absolute Gasteiger partial charge is 0.298 e. The molecule has 0 aromatic heterocycles. The van der Waals surface area contributed by atoms with Gasteiger partial charge < -0.3 is 0 Å². The maximum absolute atomic E-state index is 12.2. The van der Waals surface area contributed by atoms with Crippen LogP contribution in [-0.4, -0.2) is 26.2 Å². The summed E-state index contributed by atoms with van der Waals surface area (Å²) in [4.78, 5) is 22.8. The monoisotopic (exact) mass is 316 g/mol. The maximum Gasteiger partial charge on any atom is 0.178 e. The van der Waals surface area contributed by atoms with E-state index < -0.39 is 9.84 Å². The zero-order valence-corrected chi connectivity index (χ0v) is 13.0. The van der Waals surface area contributed by atoms with E-state index in [0.29, 0.717) is 17.4 Å². The van der Waals surface area contributed by atoms with Crippen molar-refractivity contribution in [2.75, 3.05) is 5.75 Å². The Hall–Kier alpha value is -2.27. The summed E-state index contributed by atoms with van der Waals surface area (Å²) in [7, 11) is -3.47. The van der Waals surface area contributed by atoms with Gasteiger partial charge in [-0.05, 0) is 19.1 Å². The molecule has 0 saturated heterocycles. The molecule has 0 radical (unpaired) electrons. The second-order valence-corrected chi connectivity index (χ2v) is 7.15. The van der Waals surface area contributed by atoms with E-state index in [4.69, 9.17) is 0 Å². The predicted octanol–water partition coefficient (Wildman–Crippen LogP) is 2.85. The Morgan fingerprint density at radius 3 is 2.14 bits per heavy atom. The van der Waals surface area contributed by atoms with Crippen LogP contribution >= 0.6 is 0 Å². The van der Waals surface area contributed by atoms with Crippen LogP contribution in [0, 0.1) is 6.92 Å². The topological polar surface area (TPSA) is 68.3 Å².